The molecule has 9 nitrogen and oxygen atoms in total. The number of rotatable bonds is 5. The monoisotopic (exact) mass is 440 g/mol. The second kappa shape index (κ2) is 9.62. The molecule has 1 amide bonds. The fraction of sp³-hybridized carbons (Fsp3) is 0.478. The first-order chi connectivity index (χ1) is 15.5. The first kappa shape index (κ1) is 22.2. The van der Waals surface area contributed by atoms with E-state index in [9.17, 15) is 4.79 Å². The van der Waals surface area contributed by atoms with Crippen LogP contribution in [0.15, 0.2) is 47.2 Å². The number of amides is 1. The number of ether oxygens (including phenoxy) is 2. The molecule has 0 atom stereocenters. The molecule has 3 N–H and O–H groups in total. The van der Waals surface area contributed by atoms with Gasteiger partial charge in [-0.2, -0.15) is 0 Å². The Hall–Kier alpha value is -3.04. The van der Waals surface area contributed by atoms with Gasteiger partial charge in [0.15, 0.2) is 0 Å². The highest BCUT2D eigenvalue weighted by Gasteiger charge is 2.27. The normalized spacial score (nSPS) is 20.6. The number of nitrogens with two attached hydrogens (primary N) is 1. The Bertz CT molecular complexity index is 930. The number of carbonyl (C=O) groups excluding carboxylic acids is 1. The Morgan fingerprint density at radius 2 is 1.97 bits per heavy atom. The summed E-state index contributed by atoms with van der Waals surface area (Å²) < 4.78 is 11.2. The maximum Gasteiger partial charge on any atom is 0.252 e. The van der Waals surface area contributed by atoms with Gasteiger partial charge in [-0.3, -0.25) is 9.69 Å². The summed E-state index contributed by atoms with van der Waals surface area (Å²) in [6.45, 7) is 9.72. The summed E-state index contributed by atoms with van der Waals surface area (Å²) in [5.74, 6) is 0.813. The highest BCUT2D eigenvalue weighted by atomic mass is 16.5. The number of methoxy groups -OCH3 is 1. The second-order valence-electron chi connectivity index (χ2n) is 8.24. The van der Waals surface area contributed by atoms with E-state index in [0.29, 0.717) is 23.3 Å². The molecule has 32 heavy (non-hydrogen) atoms. The van der Waals surface area contributed by atoms with E-state index in [1.807, 2.05) is 12.1 Å². The molecule has 0 aliphatic carbocycles. The zero-order chi connectivity index (χ0) is 22.7. The van der Waals surface area contributed by atoms with Gasteiger partial charge in [0.1, 0.15) is 5.75 Å². The molecule has 2 saturated heterocycles. The number of hydrogen-bond acceptors (Lipinski definition) is 8. The highest BCUT2D eigenvalue weighted by Crippen LogP contribution is 2.33. The third kappa shape index (κ3) is 4.58. The molecule has 3 aliphatic heterocycles. The topological polar surface area (TPSA) is 95.7 Å². The molecule has 4 rings (SSSR count). The number of guanidine groups is 1. The van der Waals surface area contributed by atoms with Gasteiger partial charge in [0.25, 0.3) is 5.91 Å². The van der Waals surface area contributed by atoms with Crippen molar-refractivity contribution in [2.75, 3.05) is 63.8 Å². The minimum absolute atomic E-state index is 0.297. The molecule has 0 bridgehead atoms. The van der Waals surface area contributed by atoms with Crippen LogP contribution in [0, 0.1) is 0 Å². The van der Waals surface area contributed by atoms with E-state index in [2.05, 4.69) is 32.8 Å². The van der Waals surface area contributed by atoms with Crippen LogP contribution in [0.1, 0.15) is 12.8 Å². The van der Waals surface area contributed by atoms with Crippen LogP contribution in [0.5, 0.6) is 5.75 Å². The lowest BCUT2D eigenvalue weighted by molar-refractivity contribution is -0.114. The lowest BCUT2D eigenvalue weighted by Crippen LogP contribution is -2.51. The van der Waals surface area contributed by atoms with Gasteiger partial charge in [-0.25, -0.2) is 4.99 Å². The maximum atomic E-state index is 11.5. The average molecular weight is 441 g/mol. The van der Waals surface area contributed by atoms with Crippen molar-refractivity contribution in [3.63, 3.8) is 0 Å². The number of piperazine rings is 1. The minimum Gasteiger partial charge on any atom is -0.495 e. The van der Waals surface area contributed by atoms with Crippen molar-refractivity contribution in [3.8, 4) is 5.75 Å². The summed E-state index contributed by atoms with van der Waals surface area (Å²) in [5, 5.41) is 3.28. The second-order valence-corrected chi connectivity index (χ2v) is 8.24. The van der Waals surface area contributed by atoms with Gasteiger partial charge < -0.3 is 30.3 Å². The number of nitrogens with zero attached hydrogens (tertiary/aromatic N) is 4. The fourth-order valence-corrected chi connectivity index (χ4v) is 4.44. The molecule has 9 heteroatoms. The van der Waals surface area contributed by atoms with Crippen molar-refractivity contribution in [1.82, 2.24) is 9.80 Å². The van der Waals surface area contributed by atoms with Crippen LogP contribution in [-0.2, 0) is 9.53 Å². The summed E-state index contributed by atoms with van der Waals surface area (Å²) in [5.41, 5.74) is 8.10. The molecule has 0 unspecified atom stereocenters. The predicted molar refractivity (Wildman–Crippen MR) is 126 cm³/mol. The third-order valence-electron chi connectivity index (χ3n) is 6.41. The van der Waals surface area contributed by atoms with Crippen LogP contribution in [0.25, 0.3) is 0 Å². The zero-order valence-corrected chi connectivity index (χ0v) is 18.8. The van der Waals surface area contributed by atoms with E-state index in [1.54, 1.807) is 19.1 Å². The number of carbonyl (C=O) groups is 1. The van der Waals surface area contributed by atoms with E-state index >= 15 is 0 Å². The molecule has 0 aromatic heterocycles. The summed E-state index contributed by atoms with van der Waals surface area (Å²) in [7, 11) is 3.47. The average Bonchev–Trinajstić information content (AvgIpc) is 2.82. The van der Waals surface area contributed by atoms with Crippen LogP contribution in [0.2, 0.25) is 0 Å². The van der Waals surface area contributed by atoms with Gasteiger partial charge in [-0.1, -0.05) is 6.58 Å². The summed E-state index contributed by atoms with van der Waals surface area (Å²) >= 11 is 0. The Balaban J connectivity index is 1.43. The number of anilines is 2. The van der Waals surface area contributed by atoms with Crippen LogP contribution in [-0.4, -0.2) is 81.3 Å². The molecule has 1 aromatic carbocycles. The summed E-state index contributed by atoms with van der Waals surface area (Å²) in [6.07, 6.45) is 3.70. The SMILES string of the molecule is C=C1C(C(N)=O)=CN=C(Nc2ccc(N3CCN(C4CCOCC4)CC3)c(OC)c2)N1C. The number of likely N-dealkylation sites (N-methyl/N-ethyl adjacent to an activating group) is 1. The molecule has 3 heterocycles. The van der Waals surface area contributed by atoms with Crippen molar-refractivity contribution < 1.29 is 14.3 Å². The Morgan fingerprint density at radius 1 is 1.25 bits per heavy atom. The zero-order valence-electron chi connectivity index (χ0n) is 18.8. The van der Waals surface area contributed by atoms with E-state index in [4.69, 9.17) is 15.2 Å². The molecule has 0 radical (unpaired) electrons. The molecule has 1 aromatic rings. The molecular weight excluding hydrogens is 408 g/mol. The number of nitrogens with one attached hydrogen (secondary N) is 1. The lowest BCUT2D eigenvalue weighted by Gasteiger charge is -2.41. The fourth-order valence-electron chi connectivity index (χ4n) is 4.44. The van der Waals surface area contributed by atoms with Crippen LogP contribution < -0.4 is 20.7 Å². The number of primary amides is 1. The summed E-state index contributed by atoms with van der Waals surface area (Å²) in [4.78, 5) is 22.5. The van der Waals surface area contributed by atoms with Crippen molar-refractivity contribution in [2.24, 2.45) is 10.7 Å². The van der Waals surface area contributed by atoms with Crippen molar-refractivity contribution in [1.29, 1.82) is 0 Å². The molecule has 3 aliphatic rings. The molecule has 172 valence electrons. The Labute approximate surface area is 189 Å². The smallest absolute Gasteiger partial charge is 0.252 e. The first-order valence-electron chi connectivity index (χ1n) is 11.0. The van der Waals surface area contributed by atoms with Crippen LogP contribution >= 0.6 is 0 Å². The Kier molecular flexibility index (Phi) is 6.66. The Morgan fingerprint density at radius 3 is 2.62 bits per heavy atom. The number of hydrogen-bond donors (Lipinski definition) is 2. The van der Waals surface area contributed by atoms with Crippen molar-refractivity contribution in [3.05, 3.63) is 42.2 Å². The van der Waals surface area contributed by atoms with Gasteiger partial charge >= 0.3 is 0 Å². The van der Waals surface area contributed by atoms with Crippen LogP contribution in [0.3, 0.4) is 0 Å². The van der Waals surface area contributed by atoms with Gasteiger partial charge in [0.05, 0.1) is 24.1 Å². The summed E-state index contributed by atoms with van der Waals surface area (Å²) in [6, 6.07) is 6.70. The lowest BCUT2D eigenvalue weighted by atomic mass is 10.1. The van der Waals surface area contributed by atoms with Gasteiger partial charge in [0.2, 0.25) is 5.96 Å². The standard InChI is InChI=1S/C23H32N6O3/c1-16-19(22(24)30)15-25-23(27(16)2)26-17-4-5-20(21(14-17)31-3)29-10-8-28(9-11-29)18-6-12-32-13-7-18/h4-5,14-15,18H,1,6-13H2,2-3H3,(H2,24,30)(H,25,26). The number of benzene rings is 1. The van der Waals surface area contributed by atoms with Gasteiger partial charge in [0, 0.05) is 70.4 Å². The quantitative estimate of drug-likeness (QED) is 0.718. The van der Waals surface area contributed by atoms with Crippen molar-refractivity contribution >= 4 is 23.2 Å². The van der Waals surface area contributed by atoms with Crippen molar-refractivity contribution in [2.45, 2.75) is 18.9 Å². The molecule has 2 fully saturated rings. The van der Waals surface area contributed by atoms with Gasteiger partial charge in [-0.15, -0.1) is 0 Å². The highest BCUT2D eigenvalue weighted by molar-refractivity contribution is 6.03. The maximum absolute atomic E-state index is 11.5. The van der Waals surface area contributed by atoms with E-state index in [0.717, 1.165) is 69.4 Å². The van der Waals surface area contributed by atoms with E-state index < -0.39 is 5.91 Å². The largest absolute Gasteiger partial charge is 0.495 e. The first-order valence-corrected chi connectivity index (χ1v) is 11.0. The molecular formula is C23H32N6O3. The molecule has 0 saturated carbocycles. The predicted octanol–water partition coefficient (Wildman–Crippen LogP) is 1.59. The van der Waals surface area contributed by atoms with Crippen LogP contribution in [0.4, 0.5) is 11.4 Å². The third-order valence-corrected chi connectivity index (χ3v) is 6.41. The minimum atomic E-state index is -0.549. The number of aliphatic imine (C=N–C) groups is 1. The molecule has 0 spiro atoms. The van der Waals surface area contributed by atoms with E-state index in [-0.39, 0.29) is 0 Å². The van der Waals surface area contributed by atoms with E-state index in [1.165, 1.54) is 6.20 Å². The van der Waals surface area contributed by atoms with Gasteiger partial charge in [-0.05, 0) is 25.0 Å².